The lowest BCUT2D eigenvalue weighted by Gasteiger charge is -2.15. The molecule has 3 nitrogen and oxygen atoms in total. The summed E-state index contributed by atoms with van der Waals surface area (Å²) in [5.74, 6) is -1.20. The van der Waals surface area contributed by atoms with Gasteiger partial charge in [-0.1, -0.05) is 54.6 Å². The third-order valence-electron chi connectivity index (χ3n) is 4.48. The highest BCUT2D eigenvalue weighted by atomic mass is 32.1. The van der Waals surface area contributed by atoms with E-state index >= 15 is 0 Å². The van der Waals surface area contributed by atoms with Gasteiger partial charge in [0.1, 0.15) is 5.82 Å². The van der Waals surface area contributed by atoms with Gasteiger partial charge in [-0.2, -0.15) is 0 Å². The number of nitrogens with one attached hydrogen (secondary N) is 2. The lowest BCUT2D eigenvalue weighted by Crippen LogP contribution is -2.36. The van der Waals surface area contributed by atoms with Gasteiger partial charge in [-0.15, -0.1) is 0 Å². The van der Waals surface area contributed by atoms with Gasteiger partial charge in [-0.05, 0) is 61.0 Å². The number of hydrogen-bond acceptors (Lipinski definition) is 2. The van der Waals surface area contributed by atoms with Crippen molar-refractivity contribution in [3.05, 3.63) is 89.7 Å². The Labute approximate surface area is 169 Å². The SMILES string of the molecule is Cc1cccc(NC(=S)NC(=O)C(C)c2ccc(-c3ccccc3)c(F)c2)c1. The van der Waals surface area contributed by atoms with Crippen molar-refractivity contribution in [1.82, 2.24) is 5.32 Å². The number of thiocarbonyl (C=S) groups is 1. The first-order valence-corrected chi connectivity index (χ1v) is 9.38. The Balaban J connectivity index is 1.67. The Kier molecular flexibility index (Phi) is 6.16. The zero-order valence-electron chi connectivity index (χ0n) is 15.7. The number of benzene rings is 3. The van der Waals surface area contributed by atoms with Crippen molar-refractivity contribution in [2.24, 2.45) is 0 Å². The quantitative estimate of drug-likeness (QED) is 0.583. The minimum Gasteiger partial charge on any atom is -0.332 e. The molecule has 0 fully saturated rings. The van der Waals surface area contributed by atoms with Crippen LogP contribution < -0.4 is 10.6 Å². The molecule has 0 aliphatic carbocycles. The summed E-state index contributed by atoms with van der Waals surface area (Å²) < 4.78 is 14.6. The molecule has 1 atom stereocenters. The second-order valence-electron chi connectivity index (χ2n) is 6.64. The van der Waals surface area contributed by atoms with Crippen LogP contribution in [0.15, 0.2) is 72.8 Å². The molecule has 142 valence electrons. The Bertz CT molecular complexity index is 1000. The number of carbonyl (C=O) groups is 1. The van der Waals surface area contributed by atoms with Gasteiger partial charge in [-0.3, -0.25) is 4.79 Å². The number of amides is 1. The molecule has 0 heterocycles. The summed E-state index contributed by atoms with van der Waals surface area (Å²) in [7, 11) is 0. The van der Waals surface area contributed by atoms with Gasteiger partial charge in [0.15, 0.2) is 5.11 Å². The molecule has 0 spiro atoms. The summed E-state index contributed by atoms with van der Waals surface area (Å²) in [4.78, 5) is 12.5. The molecule has 0 saturated heterocycles. The lowest BCUT2D eigenvalue weighted by atomic mass is 9.96. The minimum atomic E-state index is -0.545. The standard InChI is InChI=1S/C23H21FN2OS/c1-15-7-6-10-19(13-15)25-23(28)26-22(27)16(2)18-11-12-20(21(24)14-18)17-8-4-3-5-9-17/h3-14,16H,1-2H3,(H2,25,26,27,28). The van der Waals surface area contributed by atoms with Gasteiger partial charge in [0.05, 0.1) is 5.92 Å². The van der Waals surface area contributed by atoms with Crippen LogP contribution in [0.3, 0.4) is 0 Å². The van der Waals surface area contributed by atoms with Gasteiger partial charge in [0, 0.05) is 11.3 Å². The van der Waals surface area contributed by atoms with Crippen LogP contribution in [0.2, 0.25) is 0 Å². The van der Waals surface area contributed by atoms with Gasteiger partial charge in [0.25, 0.3) is 0 Å². The highest BCUT2D eigenvalue weighted by Gasteiger charge is 2.18. The number of carbonyl (C=O) groups excluding carboxylic acids is 1. The van der Waals surface area contributed by atoms with E-state index in [1.54, 1.807) is 19.1 Å². The van der Waals surface area contributed by atoms with Crippen molar-refractivity contribution in [1.29, 1.82) is 0 Å². The zero-order valence-corrected chi connectivity index (χ0v) is 16.5. The maximum absolute atomic E-state index is 14.6. The van der Waals surface area contributed by atoms with Gasteiger partial charge in [0.2, 0.25) is 5.91 Å². The van der Waals surface area contributed by atoms with E-state index in [4.69, 9.17) is 12.2 Å². The summed E-state index contributed by atoms with van der Waals surface area (Å²) in [5, 5.41) is 5.87. The Morgan fingerprint density at radius 1 is 1.00 bits per heavy atom. The van der Waals surface area contributed by atoms with Crippen molar-refractivity contribution in [2.45, 2.75) is 19.8 Å². The van der Waals surface area contributed by atoms with Crippen molar-refractivity contribution in [3.8, 4) is 11.1 Å². The molecule has 0 saturated carbocycles. The van der Waals surface area contributed by atoms with E-state index in [0.717, 1.165) is 16.8 Å². The summed E-state index contributed by atoms with van der Waals surface area (Å²) in [5.41, 5.74) is 3.78. The van der Waals surface area contributed by atoms with Crippen LogP contribution in [-0.4, -0.2) is 11.0 Å². The molecule has 3 aromatic carbocycles. The molecular weight excluding hydrogens is 371 g/mol. The first-order valence-electron chi connectivity index (χ1n) is 8.97. The third kappa shape index (κ3) is 4.81. The fraction of sp³-hybridized carbons (Fsp3) is 0.130. The van der Waals surface area contributed by atoms with E-state index in [2.05, 4.69) is 10.6 Å². The number of anilines is 1. The molecule has 0 bridgehead atoms. The van der Waals surface area contributed by atoms with E-state index in [0.29, 0.717) is 11.1 Å². The van der Waals surface area contributed by atoms with E-state index < -0.39 is 5.92 Å². The van der Waals surface area contributed by atoms with Gasteiger partial charge >= 0.3 is 0 Å². The fourth-order valence-electron chi connectivity index (χ4n) is 2.91. The van der Waals surface area contributed by atoms with Crippen molar-refractivity contribution < 1.29 is 9.18 Å². The maximum atomic E-state index is 14.6. The maximum Gasteiger partial charge on any atom is 0.233 e. The largest absolute Gasteiger partial charge is 0.332 e. The van der Waals surface area contributed by atoms with Crippen molar-refractivity contribution in [3.63, 3.8) is 0 Å². The Hall–Kier alpha value is -3.05. The summed E-state index contributed by atoms with van der Waals surface area (Å²) in [6, 6.07) is 21.9. The number of hydrogen-bond donors (Lipinski definition) is 2. The van der Waals surface area contributed by atoms with E-state index in [1.165, 1.54) is 6.07 Å². The average Bonchev–Trinajstić information content (AvgIpc) is 2.67. The van der Waals surface area contributed by atoms with E-state index in [1.807, 2.05) is 61.5 Å². The van der Waals surface area contributed by atoms with Crippen LogP contribution in [0.1, 0.15) is 24.0 Å². The number of aryl methyl sites for hydroxylation is 1. The molecule has 1 amide bonds. The molecule has 2 N–H and O–H groups in total. The van der Waals surface area contributed by atoms with Crippen LogP contribution in [0.4, 0.5) is 10.1 Å². The molecule has 5 heteroatoms. The van der Waals surface area contributed by atoms with Gasteiger partial charge < -0.3 is 10.6 Å². The van der Waals surface area contributed by atoms with Crippen LogP contribution in [0.5, 0.6) is 0 Å². The molecule has 0 radical (unpaired) electrons. The average molecular weight is 392 g/mol. The van der Waals surface area contributed by atoms with Crippen LogP contribution >= 0.6 is 12.2 Å². The van der Waals surface area contributed by atoms with Crippen LogP contribution in [0.25, 0.3) is 11.1 Å². The molecule has 0 aromatic heterocycles. The number of rotatable bonds is 4. The molecule has 0 aliphatic heterocycles. The summed E-state index contributed by atoms with van der Waals surface area (Å²) in [6.45, 7) is 3.70. The second kappa shape index (κ2) is 8.76. The molecule has 3 aromatic rings. The molecule has 28 heavy (non-hydrogen) atoms. The summed E-state index contributed by atoms with van der Waals surface area (Å²) in [6.07, 6.45) is 0. The van der Waals surface area contributed by atoms with Gasteiger partial charge in [-0.25, -0.2) is 4.39 Å². The first-order chi connectivity index (χ1) is 13.4. The zero-order chi connectivity index (χ0) is 20.1. The smallest absolute Gasteiger partial charge is 0.233 e. The minimum absolute atomic E-state index is 0.212. The predicted molar refractivity (Wildman–Crippen MR) is 116 cm³/mol. The predicted octanol–water partition coefficient (Wildman–Crippen LogP) is 5.42. The van der Waals surface area contributed by atoms with E-state index in [-0.39, 0.29) is 16.8 Å². The topological polar surface area (TPSA) is 41.1 Å². The van der Waals surface area contributed by atoms with E-state index in [9.17, 15) is 9.18 Å². The third-order valence-corrected chi connectivity index (χ3v) is 4.69. The Morgan fingerprint density at radius 2 is 1.75 bits per heavy atom. The molecule has 1 unspecified atom stereocenters. The highest BCUT2D eigenvalue weighted by molar-refractivity contribution is 7.80. The Morgan fingerprint density at radius 3 is 2.43 bits per heavy atom. The molecule has 3 rings (SSSR count). The number of halogens is 1. The highest BCUT2D eigenvalue weighted by Crippen LogP contribution is 2.26. The van der Waals surface area contributed by atoms with Crippen molar-refractivity contribution in [2.75, 3.05) is 5.32 Å². The first kappa shape index (κ1) is 19.7. The van der Waals surface area contributed by atoms with Crippen LogP contribution in [-0.2, 0) is 4.79 Å². The lowest BCUT2D eigenvalue weighted by molar-refractivity contribution is -0.120. The molecule has 0 aliphatic rings. The van der Waals surface area contributed by atoms with Crippen LogP contribution in [0, 0.1) is 12.7 Å². The second-order valence-corrected chi connectivity index (χ2v) is 7.05. The monoisotopic (exact) mass is 392 g/mol. The fourth-order valence-corrected chi connectivity index (χ4v) is 3.13. The van der Waals surface area contributed by atoms with Crippen molar-refractivity contribution >= 4 is 28.9 Å². The normalized spacial score (nSPS) is 11.5. The summed E-state index contributed by atoms with van der Waals surface area (Å²) >= 11 is 5.22. The molecular formula is C23H21FN2OS.